The first-order chi connectivity index (χ1) is 13.2. The Labute approximate surface area is 162 Å². The van der Waals surface area contributed by atoms with Gasteiger partial charge in [0.2, 0.25) is 0 Å². The van der Waals surface area contributed by atoms with E-state index in [1.807, 2.05) is 6.08 Å². The molecule has 4 heteroatoms. The lowest BCUT2D eigenvalue weighted by Crippen LogP contribution is -2.64. The number of hydrogen-bond donors (Lipinski definition) is 1. The minimum absolute atomic E-state index is 0.0875. The van der Waals surface area contributed by atoms with E-state index in [4.69, 9.17) is 9.47 Å². The topological polar surface area (TPSA) is 41.9 Å². The molecule has 27 heavy (non-hydrogen) atoms. The number of benzene rings is 1. The van der Waals surface area contributed by atoms with Crippen LogP contribution < -0.4 is 9.47 Å². The molecule has 4 aliphatic rings. The first kappa shape index (κ1) is 17.6. The van der Waals surface area contributed by atoms with Crippen molar-refractivity contribution in [2.24, 2.45) is 5.92 Å². The van der Waals surface area contributed by atoms with Crippen LogP contribution >= 0.6 is 0 Å². The summed E-state index contributed by atoms with van der Waals surface area (Å²) in [6.45, 7) is 4.02. The average molecular weight is 370 g/mol. The van der Waals surface area contributed by atoms with E-state index in [2.05, 4.69) is 37.1 Å². The molecule has 2 aliphatic carbocycles. The molecule has 1 aromatic rings. The number of rotatable bonds is 6. The van der Waals surface area contributed by atoms with Crippen LogP contribution in [0.1, 0.15) is 50.2 Å². The maximum absolute atomic E-state index is 10.8. The maximum Gasteiger partial charge on any atom is 0.165 e. The number of likely N-dealkylation sites (N-methyl/N-ethyl adjacent to an activating group) is 1. The van der Waals surface area contributed by atoms with E-state index in [-0.39, 0.29) is 11.5 Å². The van der Waals surface area contributed by atoms with Crippen LogP contribution in [0.5, 0.6) is 11.5 Å². The highest BCUT2D eigenvalue weighted by Crippen LogP contribution is 2.62. The molecule has 0 radical (unpaired) electrons. The zero-order valence-electron chi connectivity index (χ0n) is 16.5. The molecule has 1 aromatic carbocycles. The maximum atomic E-state index is 10.8. The second-order valence-corrected chi connectivity index (χ2v) is 8.82. The summed E-state index contributed by atoms with van der Waals surface area (Å²) < 4.78 is 12.7. The van der Waals surface area contributed by atoms with Gasteiger partial charge in [-0.15, -0.1) is 0 Å². The Morgan fingerprint density at radius 2 is 2.15 bits per heavy atom. The van der Waals surface area contributed by atoms with Crippen LogP contribution in [0.25, 0.3) is 0 Å². The lowest BCUT2D eigenvalue weighted by molar-refractivity contribution is -0.0454. The quantitative estimate of drug-likeness (QED) is 0.616. The van der Waals surface area contributed by atoms with Crippen LogP contribution in [0, 0.1) is 5.92 Å². The summed E-state index contributed by atoms with van der Waals surface area (Å²) in [5.41, 5.74) is 2.65. The van der Waals surface area contributed by atoms with Crippen LogP contribution in [0.3, 0.4) is 0 Å². The van der Waals surface area contributed by atoms with Crippen molar-refractivity contribution >= 4 is 0 Å². The number of aliphatic hydroxyl groups excluding tert-OH is 1. The predicted octanol–water partition coefficient (Wildman–Crippen LogP) is 3.45. The van der Waals surface area contributed by atoms with Crippen molar-refractivity contribution < 1.29 is 14.6 Å². The Bertz CT molecular complexity index is 760. The number of nitrogens with zero attached hydrogens (tertiary/aromatic N) is 1. The Morgan fingerprint density at radius 1 is 1.26 bits per heavy atom. The van der Waals surface area contributed by atoms with Gasteiger partial charge >= 0.3 is 0 Å². The summed E-state index contributed by atoms with van der Waals surface area (Å²) >= 11 is 0. The fraction of sp³-hybridized carbons (Fsp3) is 0.652. The van der Waals surface area contributed by atoms with Crippen molar-refractivity contribution in [2.75, 3.05) is 20.2 Å². The smallest absolute Gasteiger partial charge is 0.165 e. The first-order valence-corrected chi connectivity index (χ1v) is 10.7. The SMILES string of the molecule is CCCCCCOc1ccc2c3c1O[C@H]1[C@@H](O)C=C[C@H]4[C@@H](C2)N(C)CC[C@@]341. The molecular weight excluding hydrogens is 338 g/mol. The van der Waals surface area contributed by atoms with Crippen LogP contribution in [-0.4, -0.2) is 48.5 Å². The van der Waals surface area contributed by atoms with E-state index in [1.54, 1.807) is 0 Å². The van der Waals surface area contributed by atoms with Gasteiger partial charge in [0, 0.05) is 22.9 Å². The monoisotopic (exact) mass is 369 g/mol. The van der Waals surface area contributed by atoms with Gasteiger partial charge in [-0.05, 0) is 44.5 Å². The van der Waals surface area contributed by atoms with Crippen LogP contribution in [-0.2, 0) is 11.8 Å². The molecule has 2 bridgehead atoms. The molecule has 1 spiro atoms. The molecule has 2 heterocycles. The Hall–Kier alpha value is -1.52. The van der Waals surface area contributed by atoms with Gasteiger partial charge in [0.1, 0.15) is 12.2 Å². The van der Waals surface area contributed by atoms with E-state index >= 15 is 0 Å². The fourth-order valence-electron chi connectivity index (χ4n) is 6.05. The highest BCUT2D eigenvalue weighted by atomic mass is 16.5. The Balaban J connectivity index is 1.52. The van der Waals surface area contributed by atoms with Gasteiger partial charge in [-0.3, -0.25) is 0 Å². The van der Waals surface area contributed by atoms with Crippen LogP contribution in [0.15, 0.2) is 24.3 Å². The van der Waals surface area contributed by atoms with Gasteiger partial charge in [-0.2, -0.15) is 0 Å². The van der Waals surface area contributed by atoms with Crippen molar-refractivity contribution in [1.29, 1.82) is 0 Å². The molecule has 1 saturated heterocycles. The molecule has 0 amide bonds. The minimum atomic E-state index is -0.541. The number of likely N-dealkylation sites (tertiary alicyclic amines) is 1. The Kier molecular flexibility index (Phi) is 4.25. The summed E-state index contributed by atoms with van der Waals surface area (Å²) in [5.74, 6) is 2.21. The summed E-state index contributed by atoms with van der Waals surface area (Å²) in [6, 6.07) is 4.84. The number of unbranched alkanes of at least 4 members (excludes halogenated alkanes) is 3. The van der Waals surface area contributed by atoms with Crippen molar-refractivity contribution in [3.05, 3.63) is 35.4 Å². The molecule has 1 fully saturated rings. The zero-order chi connectivity index (χ0) is 18.6. The molecule has 1 N–H and O–H groups in total. The van der Waals surface area contributed by atoms with Gasteiger partial charge in [-0.25, -0.2) is 0 Å². The van der Waals surface area contributed by atoms with E-state index < -0.39 is 6.10 Å². The fourth-order valence-corrected chi connectivity index (χ4v) is 6.05. The van der Waals surface area contributed by atoms with E-state index in [1.165, 1.54) is 30.4 Å². The number of ether oxygens (including phenoxy) is 2. The summed E-state index contributed by atoms with van der Waals surface area (Å²) in [7, 11) is 2.24. The molecule has 146 valence electrons. The van der Waals surface area contributed by atoms with Gasteiger partial charge in [0.25, 0.3) is 0 Å². The number of aliphatic hydroxyl groups is 1. The highest BCUT2D eigenvalue weighted by molar-refractivity contribution is 5.62. The number of piperidine rings is 1. The van der Waals surface area contributed by atoms with Gasteiger partial charge in [-0.1, -0.05) is 44.4 Å². The van der Waals surface area contributed by atoms with Crippen LogP contribution in [0.4, 0.5) is 0 Å². The summed E-state index contributed by atoms with van der Waals surface area (Å²) in [4.78, 5) is 2.49. The predicted molar refractivity (Wildman–Crippen MR) is 106 cm³/mol. The highest BCUT2D eigenvalue weighted by Gasteiger charge is 2.64. The first-order valence-electron chi connectivity index (χ1n) is 10.7. The third-order valence-electron chi connectivity index (χ3n) is 7.39. The van der Waals surface area contributed by atoms with E-state index in [0.29, 0.717) is 12.0 Å². The van der Waals surface area contributed by atoms with Gasteiger partial charge < -0.3 is 19.5 Å². The minimum Gasteiger partial charge on any atom is -0.490 e. The normalized spacial score (nSPS) is 35.7. The van der Waals surface area contributed by atoms with Crippen molar-refractivity contribution in [3.63, 3.8) is 0 Å². The molecule has 5 rings (SSSR count). The molecule has 4 nitrogen and oxygen atoms in total. The third-order valence-corrected chi connectivity index (χ3v) is 7.39. The summed E-state index contributed by atoms with van der Waals surface area (Å²) in [5, 5.41) is 10.8. The molecule has 0 saturated carbocycles. The molecule has 5 atom stereocenters. The van der Waals surface area contributed by atoms with E-state index in [0.717, 1.165) is 43.9 Å². The summed E-state index contributed by atoms with van der Waals surface area (Å²) in [6.07, 6.45) is 10.4. The van der Waals surface area contributed by atoms with Gasteiger partial charge in [0.15, 0.2) is 11.5 Å². The van der Waals surface area contributed by atoms with Crippen molar-refractivity contribution in [2.45, 2.75) is 69.1 Å². The molecule has 2 aliphatic heterocycles. The van der Waals surface area contributed by atoms with Crippen molar-refractivity contribution in [3.8, 4) is 11.5 Å². The standard InChI is InChI=1S/C23H31NO3/c1-3-4-5-6-13-26-19-10-7-15-14-17-16-8-9-18(25)22-23(16,11-12-24(17)2)20(15)21(19)27-22/h7-10,16-18,22,25H,3-6,11-14H2,1-2H3/t16-,17+,18-,22-,23-/m0/s1. The zero-order valence-corrected chi connectivity index (χ0v) is 16.5. The lowest BCUT2D eigenvalue weighted by atomic mass is 9.53. The molecule has 0 aromatic heterocycles. The molecular formula is C23H31NO3. The van der Waals surface area contributed by atoms with Crippen LogP contribution in [0.2, 0.25) is 0 Å². The Morgan fingerprint density at radius 3 is 3.00 bits per heavy atom. The second-order valence-electron chi connectivity index (χ2n) is 8.82. The number of hydrogen-bond acceptors (Lipinski definition) is 4. The second kappa shape index (κ2) is 6.52. The van der Waals surface area contributed by atoms with E-state index in [9.17, 15) is 5.11 Å². The average Bonchev–Trinajstić information content (AvgIpc) is 3.02. The largest absolute Gasteiger partial charge is 0.490 e. The van der Waals surface area contributed by atoms with Gasteiger partial charge in [0.05, 0.1) is 6.61 Å². The molecule has 0 unspecified atom stereocenters. The lowest BCUT2D eigenvalue weighted by Gasteiger charge is -2.56. The third kappa shape index (κ3) is 2.42. The van der Waals surface area contributed by atoms with Crippen molar-refractivity contribution in [1.82, 2.24) is 4.90 Å².